The van der Waals surface area contributed by atoms with Crippen LogP contribution < -0.4 is 14.4 Å². The van der Waals surface area contributed by atoms with E-state index in [1.807, 2.05) is 13.0 Å². The first kappa shape index (κ1) is 22.9. The summed E-state index contributed by atoms with van der Waals surface area (Å²) in [6.45, 7) is 2.04. The molecule has 0 atom stereocenters. The summed E-state index contributed by atoms with van der Waals surface area (Å²) in [7, 11) is -2.48. The van der Waals surface area contributed by atoms with Crippen LogP contribution in [0.25, 0.3) is 0 Å². The van der Waals surface area contributed by atoms with Gasteiger partial charge < -0.3 is 10.1 Å². The molecule has 1 N–H and O–H groups in total. The molecule has 0 unspecified atom stereocenters. The predicted octanol–water partition coefficient (Wildman–Crippen LogP) is 4.21. The van der Waals surface area contributed by atoms with Crippen molar-refractivity contribution in [3.05, 3.63) is 65.7 Å². The highest BCUT2D eigenvalue weighted by Crippen LogP contribution is 2.33. The number of hydrogen-bond acceptors (Lipinski definition) is 4. The number of nitrogens with zero attached hydrogens (tertiary/aromatic N) is 1. The molecule has 3 rings (SSSR count). The largest absolute Gasteiger partial charge is 0.495 e. The number of nitrogens with one attached hydrogen (secondary N) is 1. The molecule has 0 aliphatic heterocycles. The highest BCUT2D eigenvalue weighted by Gasteiger charge is 2.29. The summed E-state index contributed by atoms with van der Waals surface area (Å²) in [4.78, 5) is 12.9. The van der Waals surface area contributed by atoms with Crippen molar-refractivity contribution in [2.45, 2.75) is 43.9 Å². The number of amides is 1. The number of carbonyl (C=O) groups is 1. The minimum absolute atomic E-state index is 0.124. The van der Waals surface area contributed by atoms with Crippen molar-refractivity contribution in [3.63, 3.8) is 0 Å². The molecule has 0 aromatic heterocycles. The monoisotopic (exact) mass is 442 g/mol. The van der Waals surface area contributed by atoms with E-state index < -0.39 is 10.0 Å². The van der Waals surface area contributed by atoms with Gasteiger partial charge in [-0.3, -0.25) is 9.10 Å². The molecule has 0 saturated heterocycles. The lowest BCUT2D eigenvalue weighted by molar-refractivity contribution is -0.119. The van der Waals surface area contributed by atoms with E-state index in [1.54, 1.807) is 30.3 Å². The summed E-state index contributed by atoms with van der Waals surface area (Å²) < 4.78 is 33.4. The molecule has 0 fully saturated rings. The smallest absolute Gasteiger partial charge is 0.264 e. The Labute approximate surface area is 185 Å². The fraction of sp³-hybridized carbons (Fsp3) is 0.375. The van der Waals surface area contributed by atoms with Gasteiger partial charge in [0.25, 0.3) is 10.0 Å². The molecule has 31 heavy (non-hydrogen) atoms. The number of rotatable bonds is 9. The van der Waals surface area contributed by atoms with Crippen LogP contribution in [0.3, 0.4) is 0 Å². The van der Waals surface area contributed by atoms with Crippen LogP contribution in [-0.2, 0) is 14.8 Å². The van der Waals surface area contributed by atoms with E-state index in [9.17, 15) is 13.2 Å². The quantitative estimate of drug-likeness (QED) is 0.591. The van der Waals surface area contributed by atoms with Gasteiger partial charge in [-0.15, -0.1) is 0 Å². The number of benzene rings is 2. The molecule has 0 bridgehead atoms. The summed E-state index contributed by atoms with van der Waals surface area (Å²) in [6, 6.07) is 13.4. The molecule has 0 radical (unpaired) electrons. The first-order valence-electron chi connectivity index (χ1n) is 10.6. The van der Waals surface area contributed by atoms with E-state index in [1.165, 1.54) is 37.7 Å². The highest BCUT2D eigenvalue weighted by atomic mass is 32.2. The van der Waals surface area contributed by atoms with E-state index >= 15 is 0 Å². The summed E-state index contributed by atoms with van der Waals surface area (Å²) >= 11 is 0. The third-order valence-electron chi connectivity index (χ3n) is 5.37. The molecule has 0 heterocycles. The molecule has 6 nitrogen and oxygen atoms in total. The van der Waals surface area contributed by atoms with Gasteiger partial charge in [0.15, 0.2) is 0 Å². The van der Waals surface area contributed by atoms with Gasteiger partial charge >= 0.3 is 0 Å². The van der Waals surface area contributed by atoms with Crippen LogP contribution in [0.5, 0.6) is 5.75 Å². The van der Waals surface area contributed by atoms with Crippen molar-refractivity contribution < 1.29 is 17.9 Å². The molecule has 166 valence electrons. The molecule has 1 amide bonds. The van der Waals surface area contributed by atoms with Crippen LogP contribution in [0.2, 0.25) is 0 Å². The number of methoxy groups -OCH3 is 1. The third kappa shape index (κ3) is 5.88. The first-order valence-corrected chi connectivity index (χ1v) is 12.0. The van der Waals surface area contributed by atoms with Crippen LogP contribution >= 0.6 is 0 Å². The lowest BCUT2D eigenvalue weighted by Gasteiger charge is -2.26. The van der Waals surface area contributed by atoms with E-state index in [4.69, 9.17) is 4.74 Å². The summed E-state index contributed by atoms with van der Waals surface area (Å²) in [5.41, 5.74) is 2.57. The Morgan fingerprint density at radius 1 is 1.13 bits per heavy atom. The molecule has 2 aromatic carbocycles. The van der Waals surface area contributed by atoms with Crippen molar-refractivity contribution in [1.29, 1.82) is 0 Å². The van der Waals surface area contributed by atoms with Crippen LogP contribution in [0, 0.1) is 6.92 Å². The molecule has 2 aromatic rings. The lowest BCUT2D eigenvalue weighted by Crippen LogP contribution is -2.41. The van der Waals surface area contributed by atoms with Gasteiger partial charge in [0.2, 0.25) is 5.91 Å². The summed E-state index contributed by atoms with van der Waals surface area (Å²) in [5.74, 6) is 0.0461. The number of anilines is 1. The maximum atomic E-state index is 13.5. The Morgan fingerprint density at radius 2 is 1.90 bits per heavy atom. The second kappa shape index (κ2) is 10.5. The van der Waals surface area contributed by atoms with Crippen LogP contribution in [0.4, 0.5) is 5.69 Å². The van der Waals surface area contributed by atoms with Gasteiger partial charge in [-0.05, 0) is 68.9 Å². The van der Waals surface area contributed by atoms with Crippen LogP contribution in [-0.4, -0.2) is 34.5 Å². The Kier molecular flexibility index (Phi) is 7.74. The molecule has 7 heteroatoms. The number of aryl methyl sites for hydroxylation is 1. The molecule has 1 aliphatic rings. The maximum Gasteiger partial charge on any atom is 0.264 e. The number of ether oxygens (including phenoxy) is 1. The zero-order valence-electron chi connectivity index (χ0n) is 18.1. The molecule has 1 aliphatic carbocycles. The number of allylic oxidation sites excluding steroid dienone is 1. The molecule has 0 spiro atoms. The normalized spacial score (nSPS) is 13.9. The average Bonchev–Trinajstić information content (AvgIpc) is 2.78. The fourth-order valence-corrected chi connectivity index (χ4v) is 5.14. The van der Waals surface area contributed by atoms with Crippen molar-refractivity contribution in [1.82, 2.24) is 5.32 Å². The zero-order chi connectivity index (χ0) is 22.3. The zero-order valence-corrected chi connectivity index (χ0v) is 19.0. The van der Waals surface area contributed by atoms with Crippen molar-refractivity contribution >= 4 is 21.6 Å². The Balaban J connectivity index is 1.83. The van der Waals surface area contributed by atoms with Gasteiger partial charge in [0.1, 0.15) is 12.3 Å². The first-order chi connectivity index (χ1) is 14.9. The van der Waals surface area contributed by atoms with Gasteiger partial charge in [-0.2, -0.15) is 0 Å². The predicted molar refractivity (Wildman–Crippen MR) is 123 cm³/mol. The minimum Gasteiger partial charge on any atom is -0.495 e. The molecular weight excluding hydrogens is 412 g/mol. The van der Waals surface area contributed by atoms with Gasteiger partial charge in [0.05, 0.1) is 17.7 Å². The van der Waals surface area contributed by atoms with Crippen LogP contribution in [0.1, 0.15) is 37.7 Å². The summed E-state index contributed by atoms with van der Waals surface area (Å²) in [5, 5.41) is 2.88. The third-order valence-corrected chi connectivity index (χ3v) is 7.15. The fourth-order valence-electron chi connectivity index (χ4n) is 3.69. The maximum absolute atomic E-state index is 13.5. The van der Waals surface area contributed by atoms with Crippen molar-refractivity contribution in [3.8, 4) is 5.75 Å². The van der Waals surface area contributed by atoms with E-state index in [0.717, 1.165) is 29.1 Å². The van der Waals surface area contributed by atoms with Crippen LogP contribution in [0.15, 0.2) is 65.1 Å². The molecular formula is C24H30N2O4S. The Hall–Kier alpha value is -2.80. The highest BCUT2D eigenvalue weighted by molar-refractivity contribution is 7.92. The van der Waals surface area contributed by atoms with E-state index in [-0.39, 0.29) is 17.3 Å². The van der Waals surface area contributed by atoms with E-state index in [0.29, 0.717) is 18.0 Å². The van der Waals surface area contributed by atoms with Crippen molar-refractivity contribution in [2.24, 2.45) is 0 Å². The SMILES string of the molecule is COc1ccc(C)cc1N(CC(=O)NCCC1=CCCCC1)S(=O)(=O)c1ccccc1. The second-order valence-corrected chi connectivity index (χ2v) is 9.57. The molecule has 0 saturated carbocycles. The average molecular weight is 443 g/mol. The Morgan fingerprint density at radius 3 is 2.58 bits per heavy atom. The van der Waals surface area contributed by atoms with Gasteiger partial charge in [-0.25, -0.2) is 8.42 Å². The standard InChI is InChI=1S/C24H30N2O4S/c1-19-13-14-23(30-2)22(17-19)26(31(28,29)21-11-7-4-8-12-21)18-24(27)25-16-15-20-9-5-3-6-10-20/h4,7-9,11-14,17H,3,5-6,10,15-16,18H2,1-2H3,(H,25,27). The van der Waals surface area contributed by atoms with Gasteiger partial charge in [-0.1, -0.05) is 35.9 Å². The number of carbonyl (C=O) groups excluding carboxylic acids is 1. The number of hydrogen-bond donors (Lipinski definition) is 1. The number of sulfonamides is 1. The minimum atomic E-state index is -3.96. The lowest BCUT2D eigenvalue weighted by atomic mass is 9.97. The van der Waals surface area contributed by atoms with Gasteiger partial charge in [0, 0.05) is 6.54 Å². The van der Waals surface area contributed by atoms with E-state index in [2.05, 4.69) is 11.4 Å². The summed E-state index contributed by atoms with van der Waals surface area (Å²) in [6.07, 6.45) is 7.63. The Bertz CT molecular complexity index is 1030. The topological polar surface area (TPSA) is 75.7 Å². The second-order valence-electron chi connectivity index (χ2n) is 7.71. The van der Waals surface area contributed by atoms with Crippen molar-refractivity contribution in [2.75, 3.05) is 24.5 Å².